The zero-order valence-corrected chi connectivity index (χ0v) is 12.4. The molecule has 5 nitrogen and oxygen atoms in total. The third-order valence-electron chi connectivity index (χ3n) is 2.81. The summed E-state index contributed by atoms with van der Waals surface area (Å²) in [7, 11) is 0. The lowest BCUT2D eigenvalue weighted by Gasteiger charge is -2.04. The molecule has 0 fully saturated rings. The maximum atomic E-state index is 12.0. The van der Waals surface area contributed by atoms with Gasteiger partial charge in [0.15, 0.2) is 0 Å². The average molecular weight is 279 g/mol. The Kier molecular flexibility index (Phi) is 3.99. The third-order valence-corrected chi connectivity index (χ3v) is 3.86. The van der Waals surface area contributed by atoms with Crippen molar-refractivity contribution in [3.63, 3.8) is 0 Å². The van der Waals surface area contributed by atoms with E-state index < -0.39 is 0 Å². The van der Waals surface area contributed by atoms with Gasteiger partial charge in [-0.1, -0.05) is 0 Å². The number of aromatic nitrogens is 3. The number of rotatable bonds is 4. The Morgan fingerprint density at radius 3 is 2.74 bits per heavy atom. The third kappa shape index (κ3) is 3.01. The monoisotopic (exact) mass is 279 g/mol. The minimum absolute atomic E-state index is 0.214. The van der Waals surface area contributed by atoms with E-state index in [1.54, 1.807) is 22.1 Å². The molecule has 2 aromatic heterocycles. The van der Waals surface area contributed by atoms with Gasteiger partial charge in [0.05, 0.1) is 11.4 Å². The molecule has 0 unspecified atom stereocenters. The van der Waals surface area contributed by atoms with Gasteiger partial charge in [-0.3, -0.25) is 4.68 Å². The quantitative estimate of drug-likeness (QED) is 0.807. The second-order valence-corrected chi connectivity index (χ2v) is 5.60. The molecule has 0 spiro atoms. The van der Waals surface area contributed by atoms with Gasteiger partial charge in [0.2, 0.25) is 0 Å². The van der Waals surface area contributed by atoms with Crippen molar-refractivity contribution in [1.82, 2.24) is 14.8 Å². The molecule has 0 atom stereocenters. The summed E-state index contributed by atoms with van der Waals surface area (Å²) in [5.41, 5.74) is 2.30. The van der Waals surface area contributed by atoms with Crippen LogP contribution in [0.3, 0.4) is 0 Å². The molecule has 6 heteroatoms. The fourth-order valence-corrected chi connectivity index (χ4v) is 2.60. The van der Waals surface area contributed by atoms with Gasteiger partial charge in [0.25, 0.3) is 0 Å². The van der Waals surface area contributed by atoms with Crippen molar-refractivity contribution in [2.24, 2.45) is 0 Å². The second kappa shape index (κ2) is 5.52. The zero-order chi connectivity index (χ0) is 14.0. The average Bonchev–Trinajstić information content (AvgIpc) is 2.90. The fraction of sp³-hybridized carbons (Fsp3) is 0.462. The van der Waals surface area contributed by atoms with Crippen molar-refractivity contribution in [1.29, 1.82) is 0 Å². The van der Waals surface area contributed by atoms with Crippen LogP contribution >= 0.6 is 11.3 Å². The van der Waals surface area contributed by atoms with Crippen LogP contribution in [-0.2, 0) is 17.9 Å². The van der Waals surface area contributed by atoms with E-state index in [1.807, 2.05) is 27.7 Å². The Hall–Kier alpha value is -1.69. The number of aryl methyl sites for hydroxylation is 4. The molecule has 0 bridgehead atoms. The number of ether oxygens (including phenoxy) is 1. The number of carbonyl (C=O) groups is 1. The van der Waals surface area contributed by atoms with E-state index in [4.69, 9.17) is 4.74 Å². The first-order valence-electron chi connectivity index (χ1n) is 6.15. The van der Waals surface area contributed by atoms with E-state index in [0.29, 0.717) is 12.2 Å². The fourth-order valence-electron chi connectivity index (χ4n) is 1.75. The van der Waals surface area contributed by atoms with Crippen molar-refractivity contribution in [3.05, 3.63) is 33.0 Å². The molecule has 0 amide bonds. The first-order valence-corrected chi connectivity index (χ1v) is 6.97. The molecule has 0 N–H and O–H groups in total. The molecule has 0 aliphatic carbocycles. The minimum atomic E-state index is -0.354. The van der Waals surface area contributed by atoms with Gasteiger partial charge in [-0.2, -0.15) is 5.10 Å². The molecule has 0 saturated carbocycles. The van der Waals surface area contributed by atoms with E-state index in [-0.39, 0.29) is 12.6 Å². The number of carbonyl (C=O) groups excluding carboxylic acids is 1. The van der Waals surface area contributed by atoms with Crippen LogP contribution in [0.5, 0.6) is 0 Å². The molecule has 102 valence electrons. The van der Waals surface area contributed by atoms with Crippen LogP contribution in [-0.4, -0.2) is 20.7 Å². The van der Waals surface area contributed by atoms with Gasteiger partial charge >= 0.3 is 5.97 Å². The van der Waals surface area contributed by atoms with Crippen molar-refractivity contribution in [3.8, 4) is 0 Å². The highest BCUT2D eigenvalue weighted by molar-refractivity contribution is 7.11. The standard InChI is InChI=1S/C13H17N3O2S/c1-5-16-11(6-8(2)15-16)13(17)18-7-12-14-9(3)10(4)19-12/h6H,5,7H2,1-4H3. The highest BCUT2D eigenvalue weighted by Gasteiger charge is 2.15. The number of hydrogen-bond donors (Lipinski definition) is 0. The van der Waals surface area contributed by atoms with Gasteiger partial charge in [-0.15, -0.1) is 11.3 Å². The van der Waals surface area contributed by atoms with E-state index >= 15 is 0 Å². The Morgan fingerprint density at radius 1 is 1.42 bits per heavy atom. The Morgan fingerprint density at radius 2 is 2.16 bits per heavy atom. The summed E-state index contributed by atoms with van der Waals surface area (Å²) in [6.07, 6.45) is 0. The van der Waals surface area contributed by atoms with Crippen molar-refractivity contribution in [2.45, 2.75) is 40.8 Å². The Labute approximate surface area is 116 Å². The SMILES string of the molecule is CCn1nc(C)cc1C(=O)OCc1nc(C)c(C)s1. The van der Waals surface area contributed by atoms with Crippen LogP contribution in [0.4, 0.5) is 0 Å². The lowest BCUT2D eigenvalue weighted by atomic mass is 10.4. The number of thiazole rings is 1. The van der Waals surface area contributed by atoms with Crippen LogP contribution in [0, 0.1) is 20.8 Å². The van der Waals surface area contributed by atoms with Crippen LogP contribution < -0.4 is 0 Å². The van der Waals surface area contributed by atoms with E-state index in [0.717, 1.165) is 21.3 Å². The normalized spacial score (nSPS) is 10.7. The summed E-state index contributed by atoms with van der Waals surface area (Å²) < 4.78 is 6.94. The topological polar surface area (TPSA) is 57.0 Å². The highest BCUT2D eigenvalue weighted by atomic mass is 32.1. The maximum Gasteiger partial charge on any atom is 0.357 e. The molecular weight excluding hydrogens is 262 g/mol. The Bertz CT molecular complexity index is 582. The van der Waals surface area contributed by atoms with Crippen LogP contribution in [0.15, 0.2) is 6.07 Å². The summed E-state index contributed by atoms with van der Waals surface area (Å²) in [5.74, 6) is -0.354. The highest BCUT2D eigenvalue weighted by Crippen LogP contribution is 2.17. The lowest BCUT2D eigenvalue weighted by Crippen LogP contribution is -2.12. The molecule has 19 heavy (non-hydrogen) atoms. The molecular formula is C13H17N3O2S. The first kappa shape index (κ1) is 13.7. The van der Waals surface area contributed by atoms with E-state index in [1.165, 1.54) is 0 Å². The Balaban J connectivity index is 2.05. The molecule has 0 saturated heterocycles. The number of nitrogens with zero attached hydrogens (tertiary/aromatic N) is 3. The molecule has 0 aliphatic rings. The van der Waals surface area contributed by atoms with Gasteiger partial charge in [-0.05, 0) is 33.8 Å². The lowest BCUT2D eigenvalue weighted by molar-refractivity contribution is 0.0458. The van der Waals surface area contributed by atoms with Gasteiger partial charge in [0.1, 0.15) is 17.3 Å². The first-order chi connectivity index (χ1) is 9.01. The summed E-state index contributed by atoms with van der Waals surface area (Å²) in [4.78, 5) is 17.5. The summed E-state index contributed by atoms with van der Waals surface area (Å²) >= 11 is 1.56. The predicted octanol–water partition coefficient (Wildman–Crippen LogP) is 2.64. The van der Waals surface area contributed by atoms with Crippen molar-refractivity contribution < 1.29 is 9.53 Å². The molecule has 2 rings (SSSR count). The van der Waals surface area contributed by atoms with Crippen LogP contribution in [0.1, 0.15) is 38.7 Å². The van der Waals surface area contributed by atoms with Gasteiger partial charge in [-0.25, -0.2) is 9.78 Å². The smallest absolute Gasteiger partial charge is 0.357 e. The van der Waals surface area contributed by atoms with Crippen LogP contribution in [0.25, 0.3) is 0 Å². The molecule has 0 radical (unpaired) electrons. The minimum Gasteiger partial charge on any atom is -0.454 e. The summed E-state index contributed by atoms with van der Waals surface area (Å²) in [6, 6.07) is 1.74. The van der Waals surface area contributed by atoms with Crippen LogP contribution in [0.2, 0.25) is 0 Å². The van der Waals surface area contributed by atoms with Crippen molar-refractivity contribution >= 4 is 17.3 Å². The summed E-state index contributed by atoms with van der Waals surface area (Å²) in [5, 5.41) is 5.05. The van der Waals surface area contributed by atoms with E-state index in [9.17, 15) is 4.79 Å². The molecule has 2 heterocycles. The van der Waals surface area contributed by atoms with E-state index in [2.05, 4.69) is 10.1 Å². The summed E-state index contributed by atoms with van der Waals surface area (Å²) in [6.45, 7) is 8.62. The second-order valence-electron chi connectivity index (χ2n) is 4.31. The predicted molar refractivity (Wildman–Crippen MR) is 73.3 cm³/mol. The molecule has 0 aliphatic heterocycles. The largest absolute Gasteiger partial charge is 0.454 e. The van der Waals surface area contributed by atoms with Gasteiger partial charge in [0, 0.05) is 11.4 Å². The van der Waals surface area contributed by atoms with Gasteiger partial charge < -0.3 is 4.74 Å². The number of esters is 1. The molecule has 0 aromatic carbocycles. The maximum absolute atomic E-state index is 12.0. The number of hydrogen-bond acceptors (Lipinski definition) is 5. The zero-order valence-electron chi connectivity index (χ0n) is 11.6. The molecule has 2 aromatic rings. The van der Waals surface area contributed by atoms with Crippen molar-refractivity contribution in [2.75, 3.05) is 0 Å².